The number of anilines is 2. The highest BCUT2D eigenvalue weighted by Crippen LogP contribution is 2.38. The van der Waals surface area contributed by atoms with E-state index in [1.807, 2.05) is 48.5 Å². The predicted octanol–water partition coefficient (Wildman–Crippen LogP) is 9.01. The van der Waals surface area contributed by atoms with Crippen LogP contribution >= 0.6 is 0 Å². The molecule has 1 N–H and O–H groups in total. The molecule has 0 radical (unpaired) electrons. The fraction of sp³-hybridized carbons (Fsp3) is 0.382. The second-order valence-corrected chi connectivity index (χ2v) is 10.6. The third-order valence-electron chi connectivity index (χ3n) is 6.68. The van der Waals surface area contributed by atoms with Gasteiger partial charge in [-0.25, -0.2) is 0 Å². The Kier molecular flexibility index (Phi) is 10.9. The highest BCUT2D eigenvalue weighted by Gasteiger charge is 2.21. The van der Waals surface area contributed by atoms with Gasteiger partial charge in [-0.15, -0.1) is 0 Å². The molecule has 1 heterocycles. The zero-order chi connectivity index (χ0) is 29.0. The molecule has 216 valence electrons. The normalized spacial score (nSPS) is 11.0. The van der Waals surface area contributed by atoms with Crippen molar-refractivity contribution in [3.05, 3.63) is 72.3 Å². The van der Waals surface area contributed by atoms with Crippen LogP contribution in [0.4, 0.5) is 11.4 Å². The number of aromatic nitrogens is 2. The molecule has 0 aliphatic rings. The van der Waals surface area contributed by atoms with E-state index in [9.17, 15) is 4.79 Å². The molecular formula is C34H41N3O4. The van der Waals surface area contributed by atoms with Crippen LogP contribution in [0.25, 0.3) is 22.8 Å². The number of unbranched alkanes of at least 4 members (excludes halogenated alkanes) is 4. The fourth-order valence-corrected chi connectivity index (χ4v) is 4.52. The Balaban J connectivity index is 1.54. The molecule has 3 aromatic carbocycles. The summed E-state index contributed by atoms with van der Waals surface area (Å²) in [4.78, 5) is 16.9. The van der Waals surface area contributed by atoms with E-state index < -0.39 is 0 Å². The molecule has 0 saturated heterocycles. The van der Waals surface area contributed by atoms with Gasteiger partial charge in [-0.2, -0.15) is 4.98 Å². The second kappa shape index (κ2) is 15.0. The van der Waals surface area contributed by atoms with Crippen LogP contribution in [0.1, 0.15) is 71.8 Å². The van der Waals surface area contributed by atoms with Crippen LogP contribution in [0.15, 0.2) is 71.3 Å². The first-order chi connectivity index (χ1) is 20.0. The number of carbonyl (C=O) groups is 1. The minimum atomic E-state index is -0.345. The molecule has 0 unspecified atom stereocenters. The third kappa shape index (κ3) is 8.68. The summed E-state index contributed by atoms with van der Waals surface area (Å²) >= 11 is 0. The summed E-state index contributed by atoms with van der Waals surface area (Å²) in [6, 6.07) is 21.5. The van der Waals surface area contributed by atoms with E-state index in [2.05, 4.69) is 48.4 Å². The van der Waals surface area contributed by atoms with E-state index in [-0.39, 0.29) is 18.3 Å². The molecule has 1 aromatic heterocycles. The van der Waals surface area contributed by atoms with Gasteiger partial charge in [0, 0.05) is 17.7 Å². The van der Waals surface area contributed by atoms with Crippen molar-refractivity contribution in [1.29, 1.82) is 0 Å². The van der Waals surface area contributed by atoms with Crippen LogP contribution in [0.5, 0.6) is 11.5 Å². The maximum absolute atomic E-state index is 12.2. The Bertz CT molecular complexity index is 1380. The monoisotopic (exact) mass is 555 g/mol. The Hall–Kier alpha value is -4.13. The van der Waals surface area contributed by atoms with Crippen LogP contribution in [0.2, 0.25) is 0 Å². The lowest BCUT2D eigenvalue weighted by molar-refractivity contribution is -0.133. The van der Waals surface area contributed by atoms with Crippen LogP contribution < -0.4 is 14.8 Å². The summed E-state index contributed by atoms with van der Waals surface area (Å²) in [7, 11) is 0. The van der Waals surface area contributed by atoms with Crippen molar-refractivity contribution in [2.75, 3.05) is 11.9 Å². The minimum absolute atomic E-state index is 0.247. The molecule has 7 heteroatoms. The quantitative estimate of drug-likeness (QED) is 0.0889. The maximum atomic E-state index is 12.2. The van der Waals surface area contributed by atoms with Crippen molar-refractivity contribution in [2.45, 2.75) is 72.6 Å². The molecule has 0 aliphatic carbocycles. The number of esters is 1. The van der Waals surface area contributed by atoms with Crippen molar-refractivity contribution in [1.82, 2.24) is 10.1 Å². The van der Waals surface area contributed by atoms with Crippen LogP contribution in [0, 0.1) is 5.92 Å². The summed E-state index contributed by atoms with van der Waals surface area (Å²) < 4.78 is 17.3. The van der Waals surface area contributed by atoms with Gasteiger partial charge >= 0.3 is 5.97 Å². The zero-order valence-corrected chi connectivity index (χ0v) is 24.6. The fourth-order valence-electron chi connectivity index (χ4n) is 4.52. The maximum Gasteiger partial charge on any atom is 0.310 e. The van der Waals surface area contributed by atoms with Crippen molar-refractivity contribution in [3.63, 3.8) is 0 Å². The van der Waals surface area contributed by atoms with E-state index in [1.54, 1.807) is 13.0 Å². The molecule has 0 amide bonds. The van der Waals surface area contributed by atoms with Gasteiger partial charge in [-0.1, -0.05) is 76.7 Å². The Morgan fingerprint density at radius 1 is 0.927 bits per heavy atom. The van der Waals surface area contributed by atoms with Crippen molar-refractivity contribution < 1.29 is 18.8 Å². The molecule has 4 aromatic rings. The molecule has 0 aliphatic heterocycles. The van der Waals surface area contributed by atoms with Gasteiger partial charge in [0.15, 0.2) is 0 Å². The minimum Gasteiger partial charge on any atom is -0.494 e. The zero-order valence-electron chi connectivity index (χ0n) is 24.6. The molecule has 0 bridgehead atoms. The molecule has 0 fully saturated rings. The van der Waals surface area contributed by atoms with Crippen molar-refractivity contribution in [3.8, 4) is 34.3 Å². The lowest BCUT2D eigenvalue weighted by atomic mass is 10.0. The molecule has 7 nitrogen and oxygen atoms in total. The summed E-state index contributed by atoms with van der Waals surface area (Å²) in [5, 5.41) is 7.67. The molecule has 0 spiro atoms. The lowest BCUT2D eigenvalue weighted by Crippen LogP contribution is -2.07. The SMILES string of the molecule is CCCCCCCOc1ccc(-c2noc(-c3c(Nc4ccc(CC(C)C)cc4)cccc3OC(=O)CC)n2)cc1. The van der Waals surface area contributed by atoms with Gasteiger partial charge in [0.05, 0.1) is 12.3 Å². The molecule has 4 rings (SSSR count). The number of nitrogens with zero attached hydrogens (tertiary/aromatic N) is 2. The predicted molar refractivity (Wildman–Crippen MR) is 164 cm³/mol. The second-order valence-electron chi connectivity index (χ2n) is 10.6. The Labute approximate surface area is 243 Å². The van der Waals surface area contributed by atoms with Crippen LogP contribution in [-0.4, -0.2) is 22.7 Å². The Morgan fingerprint density at radius 3 is 2.39 bits per heavy atom. The molecule has 41 heavy (non-hydrogen) atoms. The smallest absolute Gasteiger partial charge is 0.310 e. The lowest BCUT2D eigenvalue weighted by Gasteiger charge is -2.14. The van der Waals surface area contributed by atoms with Gasteiger partial charge in [0.1, 0.15) is 17.1 Å². The molecular weight excluding hydrogens is 514 g/mol. The molecule has 0 saturated carbocycles. The first-order valence-electron chi connectivity index (χ1n) is 14.7. The largest absolute Gasteiger partial charge is 0.494 e. The standard InChI is InChI=1S/C34H41N3O4/c1-5-7-8-9-10-22-39-28-20-16-26(17-21-28)33-36-34(41-37-33)32-29(12-11-13-30(32)40-31(38)6-2)35-27-18-14-25(15-19-27)23-24(3)4/h11-21,24,35H,5-10,22-23H2,1-4H3. The number of rotatable bonds is 15. The highest BCUT2D eigenvalue weighted by molar-refractivity contribution is 5.85. The summed E-state index contributed by atoms with van der Waals surface area (Å²) in [6.45, 7) is 9.10. The van der Waals surface area contributed by atoms with Gasteiger partial charge in [-0.05, 0) is 72.9 Å². The van der Waals surface area contributed by atoms with E-state index >= 15 is 0 Å². The van der Waals surface area contributed by atoms with E-state index in [4.69, 9.17) is 14.0 Å². The number of carbonyl (C=O) groups excluding carboxylic acids is 1. The third-order valence-corrected chi connectivity index (χ3v) is 6.68. The number of ether oxygens (including phenoxy) is 2. The number of nitrogens with one attached hydrogen (secondary N) is 1. The summed E-state index contributed by atoms with van der Waals surface area (Å²) in [5.74, 6) is 2.10. The van der Waals surface area contributed by atoms with Crippen LogP contribution in [0.3, 0.4) is 0 Å². The van der Waals surface area contributed by atoms with Gasteiger partial charge in [0.2, 0.25) is 5.82 Å². The molecule has 0 atom stereocenters. The van der Waals surface area contributed by atoms with Gasteiger partial charge < -0.3 is 19.3 Å². The number of hydrogen-bond acceptors (Lipinski definition) is 7. The topological polar surface area (TPSA) is 86.5 Å². The van der Waals surface area contributed by atoms with E-state index in [0.717, 1.165) is 29.8 Å². The van der Waals surface area contributed by atoms with E-state index in [1.165, 1.54) is 31.2 Å². The van der Waals surface area contributed by atoms with Gasteiger partial charge in [0.25, 0.3) is 5.89 Å². The number of hydrogen-bond donors (Lipinski definition) is 1. The van der Waals surface area contributed by atoms with Crippen molar-refractivity contribution >= 4 is 17.3 Å². The first kappa shape index (κ1) is 29.8. The summed E-state index contributed by atoms with van der Waals surface area (Å²) in [5.41, 5.74) is 4.21. The van der Waals surface area contributed by atoms with Crippen molar-refractivity contribution in [2.24, 2.45) is 5.92 Å². The number of benzene rings is 3. The van der Waals surface area contributed by atoms with Crippen LogP contribution in [-0.2, 0) is 11.2 Å². The Morgan fingerprint density at radius 2 is 1.68 bits per heavy atom. The van der Waals surface area contributed by atoms with E-state index in [0.29, 0.717) is 35.3 Å². The van der Waals surface area contributed by atoms with Gasteiger partial charge in [-0.3, -0.25) is 4.79 Å². The first-order valence-corrected chi connectivity index (χ1v) is 14.7. The summed E-state index contributed by atoms with van der Waals surface area (Å²) in [6.07, 6.45) is 7.27. The average Bonchev–Trinajstić information content (AvgIpc) is 3.46. The highest BCUT2D eigenvalue weighted by atomic mass is 16.5. The average molecular weight is 556 g/mol.